The van der Waals surface area contributed by atoms with E-state index < -0.39 is 11.7 Å². The van der Waals surface area contributed by atoms with Crippen LogP contribution in [0.25, 0.3) is 22.0 Å². The number of aromatic amines is 1. The molecule has 6 heteroatoms. The zero-order chi connectivity index (χ0) is 24.0. The van der Waals surface area contributed by atoms with Crippen molar-refractivity contribution in [1.82, 2.24) is 4.98 Å². The SMILES string of the molecule is CCCCCCc1ccc(-c2ccc3[nH]cc(NCNc4ccc(C(F)(F)F)cc4)c3c2)cc1. The molecule has 0 atom stereocenters. The molecule has 0 bridgehead atoms. The first-order valence-electron chi connectivity index (χ1n) is 11.8. The Morgan fingerprint density at radius 2 is 1.53 bits per heavy atom. The fourth-order valence-corrected chi connectivity index (χ4v) is 4.08. The van der Waals surface area contributed by atoms with E-state index in [1.54, 1.807) is 0 Å². The second-order valence-corrected chi connectivity index (χ2v) is 8.58. The number of benzene rings is 3. The number of nitrogens with one attached hydrogen (secondary N) is 3. The first-order valence-corrected chi connectivity index (χ1v) is 11.8. The van der Waals surface area contributed by atoms with Gasteiger partial charge in [-0.05, 0) is 65.9 Å². The molecule has 0 radical (unpaired) electrons. The van der Waals surface area contributed by atoms with Crippen LogP contribution < -0.4 is 10.6 Å². The lowest BCUT2D eigenvalue weighted by molar-refractivity contribution is -0.137. The number of hydrogen-bond acceptors (Lipinski definition) is 2. The maximum atomic E-state index is 12.7. The summed E-state index contributed by atoms with van der Waals surface area (Å²) in [7, 11) is 0. The minimum Gasteiger partial charge on any atom is -0.368 e. The molecule has 1 heterocycles. The van der Waals surface area contributed by atoms with Crippen molar-refractivity contribution in [2.24, 2.45) is 0 Å². The van der Waals surface area contributed by atoms with Crippen LogP contribution in [0.15, 0.2) is 72.9 Å². The van der Waals surface area contributed by atoms with E-state index in [0.717, 1.165) is 40.7 Å². The van der Waals surface area contributed by atoms with Gasteiger partial charge in [0.1, 0.15) is 0 Å². The van der Waals surface area contributed by atoms with E-state index in [0.29, 0.717) is 12.4 Å². The minimum atomic E-state index is -4.33. The molecule has 4 aromatic rings. The van der Waals surface area contributed by atoms with Crippen LogP contribution in [0.4, 0.5) is 24.5 Å². The molecule has 34 heavy (non-hydrogen) atoms. The number of H-pyrrole nitrogens is 1. The Morgan fingerprint density at radius 3 is 2.24 bits per heavy atom. The minimum absolute atomic E-state index is 0.384. The summed E-state index contributed by atoms with van der Waals surface area (Å²) in [6.07, 6.45) is 3.77. The quantitative estimate of drug-likeness (QED) is 0.162. The summed E-state index contributed by atoms with van der Waals surface area (Å²) < 4.78 is 38.2. The first-order chi connectivity index (χ1) is 16.4. The molecule has 0 amide bonds. The number of aryl methyl sites for hydroxylation is 1. The third-order valence-corrected chi connectivity index (χ3v) is 6.07. The van der Waals surface area contributed by atoms with Gasteiger partial charge < -0.3 is 15.6 Å². The van der Waals surface area contributed by atoms with Crippen LogP contribution in [0, 0.1) is 0 Å². The average molecular weight is 466 g/mol. The number of rotatable bonds is 10. The summed E-state index contributed by atoms with van der Waals surface area (Å²) in [5.41, 5.74) is 5.62. The van der Waals surface area contributed by atoms with Crippen molar-refractivity contribution in [3.8, 4) is 11.1 Å². The Labute approximate surface area is 198 Å². The fourth-order valence-electron chi connectivity index (χ4n) is 4.08. The Kier molecular flexibility index (Phi) is 7.46. The van der Waals surface area contributed by atoms with E-state index in [1.807, 2.05) is 6.20 Å². The van der Waals surface area contributed by atoms with Crippen LogP contribution in [0.3, 0.4) is 0 Å². The molecule has 3 nitrogen and oxygen atoms in total. The molecule has 178 valence electrons. The lowest BCUT2D eigenvalue weighted by Crippen LogP contribution is -2.12. The summed E-state index contributed by atoms with van der Waals surface area (Å²) in [6.45, 7) is 2.61. The molecule has 1 aromatic heterocycles. The monoisotopic (exact) mass is 465 g/mol. The molecular formula is C28H30F3N3. The third-order valence-electron chi connectivity index (χ3n) is 6.07. The number of anilines is 2. The summed E-state index contributed by atoms with van der Waals surface area (Å²) >= 11 is 0. The highest BCUT2D eigenvalue weighted by Crippen LogP contribution is 2.31. The molecule has 3 aromatic carbocycles. The standard InChI is InChI=1S/C28H30F3N3/c1-2-3-4-5-6-20-7-9-21(10-8-20)22-11-16-26-25(17-22)27(18-32-26)34-19-33-24-14-12-23(13-15-24)28(29,30)31/h7-18,32-34H,2-6,19H2,1H3. The van der Waals surface area contributed by atoms with Gasteiger partial charge in [0.2, 0.25) is 0 Å². The van der Waals surface area contributed by atoms with E-state index in [-0.39, 0.29) is 0 Å². The van der Waals surface area contributed by atoms with Crippen LogP contribution in [-0.4, -0.2) is 11.7 Å². The van der Waals surface area contributed by atoms with E-state index in [2.05, 4.69) is 65.0 Å². The van der Waals surface area contributed by atoms with Gasteiger partial charge in [-0.1, -0.05) is 56.5 Å². The molecule has 4 rings (SSSR count). The van der Waals surface area contributed by atoms with Gasteiger partial charge in [0.25, 0.3) is 0 Å². The Morgan fingerprint density at radius 1 is 0.794 bits per heavy atom. The van der Waals surface area contributed by atoms with E-state index >= 15 is 0 Å². The maximum absolute atomic E-state index is 12.7. The molecule has 0 fully saturated rings. The lowest BCUT2D eigenvalue weighted by atomic mass is 10.00. The van der Waals surface area contributed by atoms with Crippen molar-refractivity contribution in [3.63, 3.8) is 0 Å². The fraction of sp³-hybridized carbons (Fsp3) is 0.286. The first kappa shape index (κ1) is 23.7. The topological polar surface area (TPSA) is 39.9 Å². The van der Waals surface area contributed by atoms with E-state index in [9.17, 15) is 13.2 Å². The highest BCUT2D eigenvalue weighted by Gasteiger charge is 2.29. The maximum Gasteiger partial charge on any atom is 0.416 e. The number of aromatic nitrogens is 1. The normalized spacial score (nSPS) is 11.6. The molecular weight excluding hydrogens is 435 g/mol. The zero-order valence-electron chi connectivity index (χ0n) is 19.3. The second kappa shape index (κ2) is 10.7. The average Bonchev–Trinajstić information content (AvgIpc) is 3.24. The van der Waals surface area contributed by atoms with Gasteiger partial charge in [-0.15, -0.1) is 0 Å². The Balaban J connectivity index is 1.39. The predicted molar refractivity (Wildman–Crippen MR) is 135 cm³/mol. The molecule has 0 spiro atoms. The van der Waals surface area contributed by atoms with Crippen LogP contribution in [0.1, 0.15) is 43.7 Å². The van der Waals surface area contributed by atoms with Gasteiger partial charge in [-0.3, -0.25) is 0 Å². The highest BCUT2D eigenvalue weighted by atomic mass is 19.4. The van der Waals surface area contributed by atoms with E-state index in [4.69, 9.17) is 0 Å². The van der Waals surface area contributed by atoms with Crippen molar-refractivity contribution in [3.05, 3.63) is 84.1 Å². The van der Waals surface area contributed by atoms with Crippen molar-refractivity contribution in [1.29, 1.82) is 0 Å². The molecule has 0 aliphatic rings. The van der Waals surface area contributed by atoms with Crippen molar-refractivity contribution in [2.45, 2.75) is 45.2 Å². The molecule has 0 saturated heterocycles. The predicted octanol–water partition coefficient (Wildman–Crippen LogP) is 8.46. The summed E-state index contributed by atoms with van der Waals surface area (Å²) in [6, 6.07) is 20.2. The van der Waals surface area contributed by atoms with Gasteiger partial charge in [-0.2, -0.15) is 13.2 Å². The summed E-state index contributed by atoms with van der Waals surface area (Å²) in [5, 5.41) is 7.49. The van der Waals surface area contributed by atoms with Crippen molar-refractivity contribution >= 4 is 22.3 Å². The van der Waals surface area contributed by atoms with Gasteiger partial charge in [0, 0.05) is 22.8 Å². The summed E-state index contributed by atoms with van der Waals surface area (Å²) in [5.74, 6) is 0. The number of hydrogen-bond donors (Lipinski definition) is 3. The molecule has 0 aliphatic carbocycles. The summed E-state index contributed by atoms with van der Waals surface area (Å²) in [4.78, 5) is 3.27. The van der Waals surface area contributed by atoms with Gasteiger partial charge in [0.05, 0.1) is 17.9 Å². The highest BCUT2D eigenvalue weighted by molar-refractivity contribution is 5.95. The third kappa shape index (κ3) is 5.93. The zero-order valence-corrected chi connectivity index (χ0v) is 19.3. The van der Waals surface area contributed by atoms with Crippen LogP contribution >= 0.6 is 0 Å². The molecule has 0 aliphatic heterocycles. The van der Waals surface area contributed by atoms with Crippen molar-refractivity contribution in [2.75, 3.05) is 17.3 Å². The molecule has 0 unspecified atom stereocenters. The Hall–Kier alpha value is -3.41. The van der Waals surface area contributed by atoms with Crippen molar-refractivity contribution < 1.29 is 13.2 Å². The second-order valence-electron chi connectivity index (χ2n) is 8.58. The molecule has 0 saturated carbocycles. The lowest BCUT2D eigenvalue weighted by Gasteiger charge is -2.11. The number of fused-ring (bicyclic) bond motifs is 1. The van der Waals surface area contributed by atoms with Gasteiger partial charge >= 0.3 is 6.18 Å². The van der Waals surface area contributed by atoms with Gasteiger partial charge in [-0.25, -0.2) is 0 Å². The van der Waals surface area contributed by atoms with Gasteiger partial charge in [0.15, 0.2) is 0 Å². The largest absolute Gasteiger partial charge is 0.416 e. The number of halogens is 3. The van der Waals surface area contributed by atoms with Crippen LogP contribution in [0.2, 0.25) is 0 Å². The smallest absolute Gasteiger partial charge is 0.368 e. The number of alkyl halides is 3. The van der Waals surface area contributed by atoms with E-state index in [1.165, 1.54) is 48.9 Å². The van der Waals surface area contributed by atoms with Crippen LogP contribution in [-0.2, 0) is 12.6 Å². The molecule has 3 N–H and O–H groups in total. The Bertz CT molecular complexity index is 1190. The van der Waals surface area contributed by atoms with Crippen LogP contribution in [0.5, 0.6) is 0 Å². The number of unbranched alkanes of at least 4 members (excludes halogenated alkanes) is 3.